The Labute approximate surface area is 154 Å². The van der Waals surface area contributed by atoms with Crippen LogP contribution in [-0.4, -0.2) is 7.07 Å². The molecule has 0 bridgehead atoms. The first kappa shape index (κ1) is 16.9. The first-order chi connectivity index (χ1) is 12.5. The van der Waals surface area contributed by atoms with Crippen LogP contribution in [0.5, 0.6) is 0 Å². The Balaban J connectivity index is 2.00. The molecule has 6 N–H and O–H groups in total. The zero-order valence-electron chi connectivity index (χ0n) is 14.4. The zero-order chi connectivity index (χ0) is 18.3. The van der Waals surface area contributed by atoms with E-state index in [1.54, 1.807) is 7.07 Å². The summed E-state index contributed by atoms with van der Waals surface area (Å²) in [5, 5.41) is 0. The third-order valence-electron chi connectivity index (χ3n) is 5.42. The van der Waals surface area contributed by atoms with Gasteiger partial charge in [0, 0.05) is 0 Å². The standard InChI is InChI=1S/C21H21BN4/c23-19(16-10-4-1-5-11-16)20(24,17-12-6-2-7-13-17)22-26-21(19,25)18-14-8-3-9-15-18/h1-15H,23-25H2. The number of rotatable bonds is 3. The summed E-state index contributed by atoms with van der Waals surface area (Å²) in [7, 11) is 1.71. The van der Waals surface area contributed by atoms with E-state index in [-0.39, 0.29) is 0 Å². The summed E-state index contributed by atoms with van der Waals surface area (Å²) in [5.74, 6) is 0. The van der Waals surface area contributed by atoms with Crippen LogP contribution in [0.2, 0.25) is 0 Å². The molecule has 0 aromatic heterocycles. The van der Waals surface area contributed by atoms with E-state index in [0.29, 0.717) is 0 Å². The fraction of sp³-hybridized carbons (Fsp3) is 0.143. The summed E-state index contributed by atoms with van der Waals surface area (Å²) in [6, 6.07) is 29.2. The minimum absolute atomic E-state index is 0.825. The third kappa shape index (κ3) is 2.15. The fourth-order valence-electron chi connectivity index (χ4n) is 3.89. The molecule has 0 aliphatic carbocycles. The van der Waals surface area contributed by atoms with E-state index in [4.69, 9.17) is 22.1 Å². The number of nitrogens with zero attached hydrogens (tertiary/aromatic N) is 1. The molecule has 0 amide bonds. The third-order valence-corrected chi connectivity index (χ3v) is 5.42. The molecule has 0 saturated carbocycles. The molecule has 0 spiro atoms. The van der Waals surface area contributed by atoms with E-state index >= 15 is 0 Å². The maximum absolute atomic E-state index is 7.13. The second-order valence-electron chi connectivity index (χ2n) is 6.80. The molecule has 26 heavy (non-hydrogen) atoms. The van der Waals surface area contributed by atoms with Crippen LogP contribution < -0.4 is 17.2 Å². The van der Waals surface area contributed by atoms with Crippen LogP contribution in [0.4, 0.5) is 0 Å². The van der Waals surface area contributed by atoms with Gasteiger partial charge >= 0.3 is 153 Å². The van der Waals surface area contributed by atoms with Crippen molar-refractivity contribution in [3.05, 3.63) is 108 Å². The van der Waals surface area contributed by atoms with Crippen molar-refractivity contribution in [2.45, 2.75) is 16.6 Å². The molecule has 0 fully saturated rings. The van der Waals surface area contributed by atoms with E-state index in [1.807, 2.05) is 91.0 Å². The topological polar surface area (TPSA) is 90.4 Å². The Morgan fingerprint density at radius 1 is 0.577 bits per heavy atom. The summed E-state index contributed by atoms with van der Waals surface area (Å²) >= 11 is 0. The number of hydrogen-bond donors (Lipinski definition) is 3. The van der Waals surface area contributed by atoms with Crippen molar-refractivity contribution < 1.29 is 0 Å². The molecule has 1 heterocycles. The summed E-state index contributed by atoms with van der Waals surface area (Å²) in [4.78, 5) is 4.70. The van der Waals surface area contributed by atoms with Crippen molar-refractivity contribution in [1.29, 1.82) is 0 Å². The van der Waals surface area contributed by atoms with E-state index < -0.39 is 16.6 Å². The monoisotopic (exact) mass is 340 g/mol. The maximum atomic E-state index is 7.13. The van der Waals surface area contributed by atoms with E-state index in [9.17, 15) is 0 Å². The molecule has 3 aromatic rings. The average Bonchev–Trinajstić information content (AvgIpc) is 2.94. The molecule has 3 unspecified atom stereocenters. The van der Waals surface area contributed by atoms with Crippen LogP contribution >= 0.6 is 0 Å². The quantitative estimate of drug-likeness (QED) is 0.639. The SMILES string of the molecule is NC1(c2ccccc2)B=NC(N)(c2ccccc2)C1(N)c1ccccc1. The van der Waals surface area contributed by atoms with Gasteiger partial charge in [0.25, 0.3) is 0 Å². The van der Waals surface area contributed by atoms with Gasteiger partial charge in [-0.3, -0.25) is 0 Å². The molecule has 1 aliphatic heterocycles. The van der Waals surface area contributed by atoms with Gasteiger partial charge in [-0.05, 0) is 0 Å². The van der Waals surface area contributed by atoms with Crippen molar-refractivity contribution >= 4 is 7.07 Å². The van der Waals surface area contributed by atoms with Crippen LogP contribution in [0.15, 0.2) is 95.9 Å². The van der Waals surface area contributed by atoms with E-state index in [0.717, 1.165) is 16.7 Å². The number of hydrogen-bond acceptors (Lipinski definition) is 4. The predicted octanol–water partition coefficient (Wildman–Crippen LogP) is 2.37. The minimum atomic E-state index is -1.19. The van der Waals surface area contributed by atoms with Gasteiger partial charge in [-0.1, -0.05) is 0 Å². The van der Waals surface area contributed by atoms with Crippen LogP contribution in [-0.2, 0) is 16.6 Å². The molecule has 4 nitrogen and oxygen atoms in total. The molecule has 128 valence electrons. The van der Waals surface area contributed by atoms with Crippen LogP contribution in [0, 0.1) is 0 Å². The molecule has 3 aromatic carbocycles. The van der Waals surface area contributed by atoms with Crippen molar-refractivity contribution in [3.8, 4) is 0 Å². The van der Waals surface area contributed by atoms with Gasteiger partial charge in [0.05, 0.1) is 0 Å². The second kappa shape index (κ2) is 5.99. The van der Waals surface area contributed by atoms with Crippen LogP contribution in [0.1, 0.15) is 16.7 Å². The molecule has 1 aliphatic rings. The van der Waals surface area contributed by atoms with E-state index in [1.165, 1.54) is 0 Å². The van der Waals surface area contributed by atoms with Gasteiger partial charge in [-0.25, -0.2) is 0 Å². The van der Waals surface area contributed by atoms with Gasteiger partial charge < -0.3 is 0 Å². The van der Waals surface area contributed by atoms with Gasteiger partial charge in [-0.2, -0.15) is 0 Å². The Kier molecular flexibility index (Phi) is 3.88. The van der Waals surface area contributed by atoms with Gasteiger partial charge in [0.1, 0.15) is 0 Å². The normalized spacial score (nSPS) is 30.1. The Morgan fingerprint density at radius 2 is 1.00 bits per heavy atom. The first-order valence-corrected chi connectivity index (χ1v) is 8.62. The molecule has 0 radical (unpaired) electrons. The van der Waals surface area contributed by atoms with Crippen molar-refractivity contribution in [1.82, 2.24) is 0 Å². The molecule has 4 rings (SSSR count). The first-order valence-electron chi connectivity index (χ1n) is 8.62. The molecule has 0 saturated heterocycles. The molecular formula is C21H21BN4. The van der Waals surface area contributed by atoms with E-state index in [2.05, 4.69) is 0 Å². The van der Waals surface area contributed by atoms with Gasteiger partial charge in [0.2, 0.25) is 0 Å². The summed E-state index contributed by atoms with van der Waals surface area (Å²) < 4.78 is 0. The van der Waals surface area contributed by atoms with Gasteiger partial charge in [0.15, 0.2) is 0 Å². The van der Waals surface area contributed by atoms with Crippen molar-refractivity contribution in [3.63, 3.8) is 0 Å². The van der Waals surface area contributed by atoms with Crippen molar-refractivity contribution in [2.75, 3.05) is 0 Å². The fourth-order valence-corrected chi connectivity index (χ4v) is 3.89. The zero-order valence-corrected chi connectivity index (χ0v) is 14.4. The summed E-state index contributed by atoms with van der Waals surface area (Å²) in [6.07, 6.45) is 0. The molecule has 3 atom stereocenters. The molecular weight excluding hydrogens is 319 g/mol. The average molecular weight is 340 g/mol. The summed E-state index contributed by atoms with van der Waals surface area (Å²) in [5.41, 5.74) is 20.1. The Bertz CT molecular complexity index is 874. The Hall–Kier alpha value is -2.60. The van der Waals surface area contributed by atoms with Crippen LogP contribution in [0.25, 0.3) is 0 Å². The van der Waals surface area contributed by atoms with Gasteiger partial charge in [-0.15, -0.1) is 0 Å². The predicted molar refractivity (Wildman–Crippen MR) is 105 cm³/mol. The molecule has 5 heteroatoms. The summed E-state index contributed by atoms with van der Waals surface area (Å²) in [6.45, 7) is 0. The van der Waals surface area contributed by atoms with Crippen molar-refractivity contribution in [2.24, 2.45) is 22.1 Å². The Morgan fingerprint density at radius 3 is 1.50 bits per heavy atom. The number of nitrogens with two attached hydrogens (primary N) is 3. The second-order valence-corrected chi connectivity index (χ2v) is 6.80. The van der Waals surface area contributed by atoms with Crippen LogP contribution in [0.3, 0.4) is 0 Å². The number of benzene rings is 3.